The maximum absolute atomic E-state index is 13.0. The predicted molar refractivity (Wildman–Crippen MR) is 98.9 cm³/mol. The molecule has 1 heterocycles. The number of sulfonamides is 1. The smallest absolute Gasteiger partial charge is 0.452 e. The van der Waals surface area contributed by atoms with Crippen molar-refractivity contribution in [2.45, 2.75) is 18.1 Å². The number of alkyl halides is 2. The van der Waals surface area contributed by atoms with Crippen LogP contribution in [0.2, 0.25) is 0 Å². The van der Waals surface area contributed by atoms with E-state index in [1.807, 2.05) is 0 Å². The zero-order chi connectivity index (χ0) is 21.9. The molecule has 1 aliphatic heterocycles. The van der Waals surface area contributed by atoms with Gasteiger partial charge in [-0.2, -0.15) is 0 Å². The molecule has 0 saturated carbocycles. The van der Waals surface area contributed by atoms with E-state index in [0.29, 0.717) is 0 Å². The fraction of sp³-hybridized carbons (Fsp3) is 0.222. The van der Waals surface area contributed by atoms with E-state index in [2.05, 4.69) is 19.5 Å². The fourth-order valence-corrected chi connectivity index (χ4v) is 3.59. The molecule has 0 spiro atoms. The number of anilines is 1. The van der Waals surface area contributed by atoms with Crippen LogP contribution in [-0.4, -0.2) is 39.7 Å². The van der Waals surface area contributed by atoms with Gasteiger partial charge in [-0.3, -0.25) is 4.79 Å². The van der Waals surface area contributed by atoms with Crippen molar-refractivity contribution in [1.29, 1.82) is 0 Å². The Kier molecular flexibility index (Phi) is 5.89. The normalized spacial score (nSPS) is 14.2. The summed E-state index contributed by atoms with van der Waals surface area (Å²) >= 11 is 0. The van der Waals surface area contributed by atoms with Gasteiger partial charge in [0.15, 0.2) is 18.1 Å². The lowest BCUT2D eigenvalue weighted by Crippen LogP contribution is -2.25. The Morgan fingerprint density at radius 2 is 1.83 bits per heavy atom. The summed E-state index contributed by atoms with van der Waals surface area (Å²) in [6, 6.07) is 8.75. The number of ether oxygens (including phenoxy) is 3. The van der Waals surface area contributed by atoms with Crippen LogP contribution in [0.1, 0.15) is 17.3 Å². The van der Waals surface area contributed by atoms with Gasteiger partial charge in [-0.05, 0) is 30.3 Å². The van der Waals surface area contributed by atoms with Crippen LogP contribution in [0.25, 0.3) is 0 Å². The van der Waals surface area contributed by atoms with Gasteiger partial charge in [-0.1, -0.05) is 13.0 Å². The lowest BCUT2D eigenvalue weighted by atomic mass is 10.2. The number of carbonyl (C=O) groups is 2. The van der Waals surface area contributed by atoms with Gasteiger partial charge < -0.3 is 19.5 Å². The maximum Gasteiger partial charge on any atom is 0.586 e. The van der Waals surface area contributed by atoms with Crippen LogP contribution in [-0.2, 0) is 19.6 Å². The largest absolute Gasteiger partial charge is 0.586 e. The molecule has 1 amide bonds. The first-order chi connectivity index (χ1) is 14.1. The van der Waals surface area contributed by atoms with Crippen molar-refractivity contribution >= 4 is 27.6 Å². The lowest BCUT2D eigenvalue weighted by Gasteiger charge is -2.09. The van der Waals surface area contributed by atoms with Gasteiger partial charge in [0.05, 0.1) is 10.5 Å². The third kappa shape index (κ3) is 5.02. The number of fused-ring (bicyclic) bond motifs is 1. The first-order valence-corrected chi connectivity index (χ1v) is 10.0. The number of benzene rings is 2. The molecular weight excluding hydrogens is 426 g/mol. The van der Waals surface area contributed by atoms with Crippen molar-refractivity contribution in [2.75, 3.05) is 18.5 Å². The molecule has 30 heavy (non-hydrogen) atoms. The highest BCUT2D eigenvalue weighted by atomic mass is 32.2. The summed E-state index contributed by atoms with van der Waals surface area (Å²) in [4.78, 5) is 24.0. The number of carbonyl (C=O) groups excluding carboxylic acids is 2. The van der Waals surface area contributed by atoms with Crippen LogP contribution in [0.4, 0.5) is 14.5 Å². The van der Waals surface area contributed by atoms with Crippen molar-refractivity contribution in [1.82, 2.24) is 4.72 Å². The summed E-state index contributed by atoms with van der Waals surface area (Å²) in [5.74, 6) is -2.10. The Labute approximate surface area is 170 Å². The Balaban J connectivity index is 1.59. The molecule has 0 atom stereocenters. The van der Waals surface area contributed by atoms with Gasteiger partial charge in [0.1, 0.15) is 0 Å². The molecule has 2 aromatic carbocycles. The molecule has 160 valence electrons. The molecule has 0 saturated heterocycles. The SMILES string of the molecule is CCNS(=O)(=O)c1cccc(C(=O)OCC(=O)Nc2ccc3c(c2)OC(F)(F)O3)c1. The van der Waals surface area contributed by atoms with E-state index in [4.69, 9.17) is 4.74 Å². The molecule has 0 bridgehead atoms. The number of hydrogen-bond acceptors (Lipinski definition) is 7. The summed E-state index contributed by atoms with van der Waals surface area (Å²) in [5, 5.41) is 2.36. The monoisotopic (exact) mass is 442 g/mol. The molecule has 0 radical (unpaired) electrons. The molecule has 1 aliphatic rings. The van der Waals surface area contributed by atoms with Crippen LogP contribution in [0.3, 0.4) is 0 Å². The number of halogens is 2. The minimum Gasteiger partial charge on any atom is -0.452 e. The van der Waals surface area contributed by atoms with Crippen molar-refractivity contribution in [3.05, 3.63) is 48.0 Å². The van der Waals surface area contributed by atoms with E-state index >= 15 is 0 Å². The molecule has 0 fully saturated rings. The fourth-order valence-electron chi connectivity index (χ4n) is 2.50. The van der Waals surface area contributed by atoms with Gasteiger partial charge in [0.25, 0.3) is 5.91 Å². The maximum atomic E-state index is 13.0. The van der Waals surface area contributed by atoms with Crippen LogP contribution < -0.4 is 19.5 Å². The molecule has 9 nitrogen and oxygen atoms in total. The first kappa shape index (κ1) is 21.5. The van der Waals surface area contributed by atoms with Gasteiger partial charge >= 0.3 is 12.3 Å². The van der Waals surface area contributed by atoms with E-state index in [-0.39, 0.29) is 34.2 Å². The van der Waals surface area contributed by atoms with Gasteiger partial charge in [-0.15, -0.1) is 8.78 Å². The molecule has 3 rings (SSSR count). The quantitative estimate of drug-likeness (QED) is 0.630. The van der Waals surface area contributed by atoms with E-state index in [1.54, 1.807) is 6.92 Å². The van der Waals surface area contributed by atoms with E-state index in [0.717, 1.165) is 12.1 Å². The zero-order valence-corrected chi connectivity index (χ0v) is 16.3. The second-order valence-corrected chi connectivity index (χ2v) is 7.75. The Bertz CT molecular complexity index is 1090. The van der Waals surface area contributed by atoms with E-state index in [9.17, 15) is 26.8 Å². The van der Waals surface area contributed by atoms with Crippen LogP contribution in [0.15, 0.2) is 47.4 Å². The molecule has 0 aromatic heterocycles. The number of amides is 1. The van der Waals surface area contributed by atoms with Gasteiger partial charge in [0, 0.05) is 18.3 Å². The topological polar surface area (TPSA) is 120 Å². The summed E-state index contributed by atoms with van der Waals surface area (Å²) in [6.07, 6.45) is -3.78. The average Bonchev–Trinajstić information content (AvgIpc) is 2.99. The number of nitrogens with one attached hydrogen (secondary N) is 2. The van der Waals surface area contributed by atoms with E-state index in [1.165, 1.54) is 30.3 Å². The first-order valence-electron chi connectivity index (χ1n) is 8.56. The Hall–Kier alpha value is -3.25. The number of esters is 1. The zero-order valence-electron chi connectivity index (χ0n) is 15.5. The third-order valence-corrected chi connectivity index (χ3v) is 5.28. The molecule has 2 aromatic rings. The van der Waals surface area contributed by atoms with E-state index < -0.39 is 34.8 Å². The second kappa shape index (κ2) is 8.24. The van der Waals surface area contributed by atoms with Gasteiger partial charge in [-0.25, -0.2) is 17.9 Å². The standard InChI is InChI=1S/C18H16F2N2O7S/c1-2-21-30(25,26)13-5-3-4-11(8-13)17(24)27-10-16(23)22-12-6-7-14-15(9-12)29-18(19,20)28-14/h3-9,21H,2,10H2,1H3,(H,22,23). The number of hydrogen-bond donors (Lipinski definition) is 2. The van der Waals surface area contributed by atoms with Crippen LogP contribution in [0.5, 0.6) is 11.5 Å². The van der Waals surface area contributed by atoms with Crippen LogP contribution >= 0.6 is 0 Å². The van der Waals surface area contributed by atoms with Crippen molar-refractivity contribution in [3.8, 4) is 11.5 Å². The third-order valence-electron chi connectivity index (χ3n) is 3.73. The molecule has 0 unspecified atom stereocenters. The summed E-state index contributed by atoms with van der Waals surface area (Å²) in [7, 11) is -3.76. The highest BCUT2D eigenvalue weighted by Crippen LogP contribution is 2.42. The van der Waals surface area contributed by atoms with Gasteiger partial charge in [0.2, 0.25) is 10.0 Å². The number of rotatable bonds is 7. The summed E-state index contributed by atoms with van der Waals surface area (Å²) in [5.41, 5.74) is 0.0573. The Morgan fingerprint density at radius 3 is 2.57 bits per heavy atom. The lowest BCUT2D eigenvalue weighted by molar-refractivity contribution is -0.286. The minimum atomic E-state index is -3.78. The highest BCUT2D eigenvalue weighted by molar-refractivity contribution is 7.89. The van der Waals surface area contributed by atoms with Crippen molar-refractivity contribution in [2.24, 2.45) is 0 Å². The van der Waals surface area contributed by atoms with Crippen molar-refractivity contribution < 1.29 is 41.0 Å². The predicted octanol–water partition coefficient (Wildman–Crippen LogP) is 2.10. The molecule has 0 aliphatic carbocycles. The molecule has 2 N–H and O–H groups in total. The Morgan fingerprint density at radius 1 is 1.10 bits per heavy atom. The summed E-state index contributed by atoms with van der Waals surface area (Å²) in [6.45, 7) is 1.10. The second-order valence-electron chi connectivity index (χ2n) is 5.98. The van der Waals surface area contributed by atoms with Crippen LogP contribution in [0, 0.1) is 0 Å². The minimum absolute atomic E-state index is 0.0629. The molecular formula is C18H16F2N2O7S. The van der Waals surface area contributed by atoms with Crippen molar-refractivity contribution in [3.63, 3.8) is 0 Å². The highest BCUT2D eigenvalue weighted by Gasteiger charge is 2.43. The molecule has 12 heteroatoms. The average molecular weight is 442 g/mol. The summed E-state index contributed by atoms with van der Waals surface area (Å²) < 4.78 is 65.7.